The molecule has 0 aliphatic rings. The second-order valence-corrected chi connectivity index (χ2v) is 5.80. The second-order valence-electron chi connectivity index (χ2n) is 3.75. The van der Waals surface area contributed by atoms with Crippen molar-refractivity contribution >= 4 is 52.4 Å². The van der Waals surface area contributed by atoms with Gasteiger partial charge in [0.2, 0.25) is 0 Å². The molecule has 3 atom stereocenters. The molecule has 0 N–H and O–H groups in total. The van der Waals surface area contributed by atoms with Crippen LogP contribution in [0.2, 0.25) is 0 Å². The van der Waals surface area contributed by atoms with Gasteiger partial charge in [-0.05, 0) is 12.8 Å². The van der Waals surface area contributed by atoms with Crippen LogP contribution >= 0.6 is 46.4 Å². The zero-order chi connectivity index (χ0) is 13.3. The van der Waals surface area contributed by atoms with Crippen LogP contribution in [0.3, 0.4) is 0 Å². The number of ether oxygens (including phenoxy) is 1. The molecule has 0 bridgehead atoms. The monoisotopic (exact) mass is 322 g/mol. The molecule has 0 saturated carbocycles. The van der Waals surface area contributed by atoms with Gasteiger partial charge in [0.05, 0.1) is 10.8 Å². The average Bonchev–Trinajstić information content (AvgIpc) is 2.34. The number of esters is 1. The van der Waals surface area contributed by atoms with Crippen LogP contribution in [0.25, 0.3) is 0 Å². The summed E-state index contributed by atoms with van der Waals surface area (Å²) in [5, 5.41) is -0.607. The molecule has 0 aliphatic heterocycles. The zero-order valence-electron chi connectivity index (χ0n) is 9.80. The molecule has 0 saturated heterocycles. The van der Waals surface area contributed by atoms with Gasteiger partial charge >= 0.3 is 5.97 Å². The molecule has 0 spiro atoms. The van der Waals surface area contributed by atoms with E-state index < -0.39 is 0 Å². The normalized spacial score (nSPS) is 16.3. The van der Waals surface area contributed by atoms with Crippen LogP contribution in [0, 0.1) is 0 Å². The maximum atomic E-state index is 10.9. The fourth-order valence-corrected chi connectivity index (χ4v) is 1.90. The number of halogens is 4. The fraction of sp³-hybridized carbons (Fsp3) is 0.909. The molecule has 0 aromatic heterocycles. The fourth-order valence-electron chi connectivity index (χ4n) is 1.17. The van der Waals surface area contributed by atoms with Gasteiger partial charge < -0.3 is 4.74 Å². The third kappa shape index (κ3) is 9.24. The SMILES string of the molecule is CCC(=O)OCC(Cl)C(Cl)CCCC(Cl)CCl. The van der Waals surface area contributed by atoms with Gasteiger partial charge in [0.15, 0.2) is 0 Å². The van der Waals surface area contributed by atoms with E-state index in [1.807, 2.05) is 0 Å². The summed E-state index contributed by atoms with van der Waals surface area (Å²) in [5.41, 5.74) is 0. The van der Waals surface area contributed by atoms with E-state index in [9.17, 15) is 4.79 Å². The van der Waals surface area contributed by atoms with E-state index in [1.165, 1.54) is 0 Å². The molecule has 17 heavy (non-hydrogen) atoms. The zero-order valence-corrected chi connectivity index (χ0v) is 12.8. The number of carbonyl (C=O) groups excluding carboxylic acids is 1. The number of hydrogen-bond acceptors (Lipinski definition) is 2. The summed E-state index contributed by atoms with van der Waals surface area (Å²) in [6.45, 7) is 1.89. The molecule has 0 aromatic rings. The Morgan fingerprint density at radius 3 is 2.35 bits per heavy atom. The van der Waals surface area contributed by atoms with E-state index in [4.69, 9.17) is 51.1 Å². The van der Waals surface area contributed by atoms with Crippen molar-refractivity contribution in [1.82, 2.24) is 0 Å². The van der Waals surface area contributed by atoms with E-state index in [0.717, 1.165) is 19.3 Å². The van der Waals surface area contributed by atoms with Crippen LogP contribution in [0.4, 0.5) is 0 Å². The molecule has 3 unspecified atom stereocenters. The molecule has 0 radical (unpaired) electrons. The van der Waals surface area contributed by atoms with E-state index in [2.05, 4.69) is 0 Å². The van der Waals surface area contributed by atoms with E-state index in [-0.39, 0.29) is 28.7 Å². The molecule has 0 heterocycles. The van der Waals surface area contributed by atoms with E-state index in [0.29, 0.717) is 12.3 Å². The summed E-state index contributed by atoms with van der Waals surface area (Å²) >= 11 is 23.6. The highest BCUT2D eigenvalue weighted by Gasteiger charge is 2.18. The van der Waals surface area contributed by atoms with Crippen molar-refractivity contribution < 1.29 is 9.53 Å². The van der Waals surface area contributed by atoms with Crippen molar-refractivity contribution in [3.8, 4) is 0 Å². The Bertz CT molecular complexity index is 214. The Morgan fingerprint density at radius 2 is 1.82 bits per heavy atom. The molecule has 0 aliphatic carbocycles. The Labute approximate surface area is 123 Å². The van der Waals surface area contributed by atoms with Gasteiger partial charge in [0, 0.05) is 17.7 Å². The Hall–Kier alpha value is 0.630. The standard InChI is InChI=1S/C11H18Cl4O2/c1-2-11(16)17-7-10(15)9(14)5-3-4-8(13)6-12/h8-10H,2-7H2,1H3. The van der Waals surface area contributed by atoms with Gasteiger partial charge in [-0.1, -0.05) is 13.3 Å². The van der Waals surface area contributed by atoms with Crippen LogP contribution in [-0.2, 0) is 9.53 Å². The summed E-state index contributed by atoms with van der Waals surface area (Å²) in [4.78, 5) is 10.9. The first-order valence-electron chi connectivity index (χ1n) is 5.65. The molecular weight excluding hydrogens is 306 g/mol. The highest BCUT2D eigenvalue weighted by molar-refractivity contribution is 6.30. The predicted molar refractivity (Wildman–Crippen MR) is 74.7 cm³/mol. The highest BCUT2D eigenvalue weighted by Crippen LogP contribution is 2.19. The average molecular weight is 324 g/mol. The first-order chi connectivity index (χ1) is 8.01. The minimum atomic E-state index is -0.364. The molecule has 0 amide bonds. The number of carbonyl (C=O) groups is 1. The molecule has 102 valence electrons. The lowest BCUT2D eigenvalue weighted by molar-refractivity contribution is -0.143. The molecule has 0 fully saturated rings. The van der Waals surface area contributed by atoms with E-state index in [1.54, 1.807) is 6.92 Å². The first kappa shape index (κ1) is 17.6. The van der Waals surface area contributed by atoms with Crippen molar-refractivity contribution in [3.63, 3.8) is 0 Å². The maximum Gasteiger partial charge on any atom is 0.305 e. The van der Waals surface area contributed by atoms with Crippen LogP contribution in [0.5, 0.6) is 0 Å². The summed E-state index contributed by atoms with van der Waals surface area (Å²) in [5.74, 6) is 0.176. The lowest BCUT2D eigenvalue weighted by Crippen LogP contribution is -2.23. The Balaban J connectivity index is 3.66. The second kappa shape index (κ2) is 10.5. The Kier molecular flexibility index (Phi) is 10.9. The summed E-state index contributed by atoms with van der Waals surface area (Å²) in [6.07, 6.45) is 2.76. The number of alkyl halides is 4. The van der Waals surface area contributed by atoms with Crippen molar-refractivity contribution in [2.75, 3.05) is 12.5 Å². The van der Waals surface area contributed by atoms with Gasteiger partial charge in [-0.15, -0.1) is 46.4 Å². The van der Waals surface area contributed by atoms with Gasteiger partial charge in [-0.2, -0.15) is 0 Å². The number of hydrogen-bond donors (Lipinski definition) is 0. The largest absolute Gasteiger partial charge is 0.464 e. The quantitative estimate of drug-likeness (QED) is 0.470. The van der Waals surface area contributed by atoms with Crippen LogP contribution in [-0.4, -0.2) is 34.6 Å². The third-order valence-electron chi connectivity index (χ3n) is 2.25. The summed E-state index contributed by atoms with van der Waals surface area (Å²) in [6, 6.07) is 0. The molecule has 6 heteroatoms. The maximum absolute atomic E-state index is 10.9. The molecule has 2 nitrogen and oxygen atoms in total. The molecule has 0 aromatic carbocycles. The molecule has 0 rings (SSSR count). The van der Waals surface area contributed by atoms with Gasteiger partial charge in [0.25, 0.3) is 0 Å². The van der Waals surface area contributed by atoms with E-state index >= 15 is 0 Å². The lowest BCUT2D eigenvalue weighted by atomic mass is 10.1. The topological polar surface area (TPSA) is 26.3 Å². The van der Waals surface area contributed by atoms with Crippen molar-refractivity contribution in [1.29, 1.82) is 0 Å². The predicted octanol–water partition coefficient (Wildman–Crippen LogP) is 4.17. The van der Waals surface area contributed by atoms with Crippen LogP contribution in [0.15, 0.2) is 0 Å². The minimum absolute atomic E-state index is 0.0211. The van der Waals surface area contributed by atoms with Crippen molar-refractivity contribution in [2.45, 2.75) is 48.7 Å². The van der Waals surface area contributed by atoms with Gasteiger partial charge in [-0.25, -0.2) is 0 Å². The highest BCUT2D eigenvalue weighted by atomic mass is 35.5. The van der Waals surface area contributed by atoms with Crippen molar-refractivity contribution in [2.24, 2.45) is 0 Å². The van der Waals surface area contributed by atoms with Gasteiger partial charge in [0.1, 0.15) is 6.61 Å². The summed E-state index contributed by atoms with van der Waals surface area (Å²) < 4.78 is 4.92. The van der Waals surface area contributed by atoms with Crippen LogP contribution < -0.4 is 0 Å². The molecular formula is C11H18Cl4O2. The van der Waals surface area contributed by atoms with Crippen LogP contribution in [0.1, 0.15) is 32.6 Å². The van der Waals surface area contributed by atoms with Gasteiger partial charge in [-0.3, -0.25) is 4.79 Å². The first-order valence-corrected chi connectivity index (χ1v) is 7.49. The third-order valence-corrected chi connectivity index (χ3v) is 4.23. The smallest absolute Gasteiger partial charge is 0.305 e. The van der Waals surface area contributed by atoms with Crippen molar-refractivity contribution in [3.05, 3.63) is 0 Å². The summed E-state index contributed by atoms with van der Waals surface area (Å²) in [7, 11) is 0. The number of rotatable bonds is 9. The minimum Gasteiger partial charge on any atom is -0.464 e. The lowest BCUT2D eigenvalue weighted by Gasteiger charge is -2.16. The Morgan fingerprint density at radius 1 is 1.18 bits per heavy atom.